The lowest BCUT2D eigenvalue weighted by atomic mass is 9.94. The third-order valence-electron chi connectivity index (χ3n) is 5.23. The number of aryl methyl sites for hydroxylation is 2. The molecule has 0 spiro atoms. The number of halogens is 1. The van der Waals surface area contributed by atoms with Gasteiger partial charge in [0.2, 0.25) is 0 Å². The fraction of sp³-hybridized carbons (Fsp3) is 0.167. The van der Waals surface area contributed by atoms with Gasteiger partial charge in [0.15, 0.2) is 0 Å². The summed E-state index contributed by atoms with van der Waals surface area (Å²) in [5.41, 5.74) is 8.94. The Hall–Kier alpha value is -3.45. The van der Waals surface area contributed by atoms with Crippen molar-refractivity contribution in [3.05, 3.63) is 83.7 Å². The van der Waals surface area contributed by atoms with Crippen molar-refractivity contribution in [2.75, 3.05) is 5.43 Å². The van der Waals surface area contributed by atoms with Gasteiger partial charge in [-0.25, -0.2) is 14.4 Å². The van der Waals surface area contributed by atoms with Crippen molar-refractivity contribution < 1.29 is 4.39 Å². The lowest BCUT2D eigenvalue weighted by Crippen LogP contribution is -2.16. The summed E-state index contributed by atoms with van der Waals surface area (Å²) in [6.45, 7) is 2.00. The van der Waals surface area contributed by atoms with Crippen LogP contribution in [-0.4, -0.2) is 20.7 Å². The predicted octanol–water partition coefficient (Wildman–Crippen LogP) is 5.87. The first-order valence-electron chi connectivity index (χ1n) is 10.1. The Bertz CT molecular complexity index is 1270. The molecule has 0 saturated heterocycles. The topological polar surface area (TPSA) is 63.1 Å². The summed E-state index contributed by atoms with van der Waals surface area (Å²) in [6, 6.07) is 14.6. The van der Waals surface area contributed by atoms with Gasteiger partial charge in [-0.15, -0.1) is 11.3 Å². The summed E-state index contributed by atoms with van der Waals surface area (Å²) in [6.07, 6.45) is 6.33. The quantitative estimate of drug-likeness (QED) is 0.412. The molecule has 1 N–H and O–H groups in total. The molecule has 0 saturated carbocycles. The lowest BCUT2D eigenvalue weighted by molar-refractivity contribution is 0.630. The second kappa shape index (κ2) is 8.35. The molecule has 0 fully saturated rings. The van der Waals surface area contributed by atoms with Crippen molar-refractivity contribution in [1.82, 2.24) is 15.0 Å². The number of nitrogens with one attached hydrogen (secondary N) is 1. The minimum absolute atomic E-state index is 0.326. The molecule has 0 bridgehead atoms. The molecular formula is C24H20FN5S. The zero-order valence-electron chi connectivity index (χ0n) is 17.0. The van der Waals surface area contributed by atoms with E-state index in [1.54, 1.807) is 35.7 Å². The Morgan fingerprint density at radius 3 is 2.77 bits per heavy atom. The van der Waals surface area contributed by atoms with E-state index < -0.39 is 0 Å². The number of nitrogens with zero attached hydrogens (tertiary/aromatic N) is 4. The highest BCUT2D eigenvalue weighted by molar-refractivity contribution is 7.18. The highest BCUT2D eigenvalue weighted by Gasteiger charge is 2.20. The largest absolute Gasteiger partial charge is 0.275 e. The maximum Gasteiger partial charge on any atom is 0.148 e. The van der Waals surface area contributed by atoms with Gasteiger partial charge >= 0.3 is 0 Å². The van der Waals surface area contributed by atoms with Gasteiger partial charge in [0.1, 0.15) is 10.8 Å². The van der Waals surface area contributed by atoms with Crippen molar-refractivity contribution in [1.29, 1.82) is 0 Å². The summed E-state index contributed by atoms with van der Waals surface area (Å²) >= 11 is 1.61. The number of hydrazone groups is 1. The molecule has 3 aromatic heterocycles. The average molecular weight is 430 g/mol. The van der Waals surface area contributed by atoms with Crippen LogP contribution in [0.2, 0.25) is 0 Å². The Balaban J connectivity index is 1.50. The number of hydrogen-bond acceptors (Lipinski definition) is 6. The minimum Gasteiger partial charge on any atom is -0.275 e. The first-order chi connectivity index (χ1) is 15.2. The van der Waals surface area contributed by atoms with Crippen molar-refractivity contribution >= 4 is 22.7 Å². The lowest BCUT2D eigenvalue weighted by Gasteiger charge is -2.18. The summed E-state index contributed by atoms with van der Waals surface area (Å²) in [7, 11) is 0. The van der Waals surface area contributed by atoms with Crippen LogP contribution < -0.4 is 5.43 Å². The molecule has 0 unspecified atom stereocenters. The van der Waals surface area contributed by atoms with Crippen LogP contribution in [0.5, 0.6) is 0 Å². The van der Waals surface area contributed by atoms with Gasteiger partial charge in [0.25, 0.3) is 0 Å². The van der Waals surface area contributed by atoms with Crippen molar-refractivity contribution in [2.24, 2.45) is 5.10 Å². The Labute approximate surface area is 183 Å². The van der Waals surface area contributed by atoms with Gasteiger partial charge in [-0.2, -0.15) is 5.10 Å². The minimum atomic E-state index is -0.326. The number of benzene rings is 1. The van der Waals surface area contributed by atoms with E-state index in [0.29, 0.717) is 5.69 Å². The van der Waals surface area contributed by atoms with E-state index in [0.717, 1.165) is 57.5 Å². The van der Waals surface area contributed by atoms with Gasteiger partial charge in [-0.3, -0.25) is 10.4 Å². The smallest absolute Gasteiger partial charge is 0.148 e. The third kappa shape index (κ3) is 3.96. The molecule has 154 valence electrons. The number of aromatic nitrogens is 3. The molecule has 0 aliphatic heterocycles. The van der Waals surface area contributed by atoms with E-state index in [9.17, 15) is 4.39 Å². The number of fused-ring (bicyclic) bond motifs is 1. The maximum absolute atomic E-state index is 14.0. The molecule has 5 rings (SSSR count). The van der Waals surface area contributed by atoms with Gasteiger partial charge in [-0.05, 0) is 62.1 Å². The van der Waals surface area contributed by atoms with Crippen LogP contribution >= 0.6 is 11.3 Å². The van der Waals surface area contributed by atoms with Crippen LogP contribution in [0.1, 0.15) is 29.8 Å². The van der Waals surface area contributed by atoms with Gasteiger partial charge in [0.05, 0.1) is 33.4 Å². The second-order valence-electron chi connectivity index (χ2n) is 7.38. The SMILES string of the molecule is Cc1nc(-c2cccnc2)sc1-c1ccc2c(n1)C(=NNc1ccccc1F)CCC2. The predicted molar refractivity (Wildman–Crippen MR) is 123 cm³/mol. The van der Waals surface area contributed by atoms with Crippen LogP contribution in [0.3, 0.4) is 0 Å². The second-order valence-corrected chi connectivity index (χ2v) is 8.38. The molecule has 0 atom stereocenters. The van der Waals surface area contributed by atoms with E-state index >= 15 is 0 Å². The van der Waals surface area contributed by atoms with Crippen molar-refractivity contribution in [3.8, 4) is 21.1 Å². The van der Waals surface area contributed by atoms with Crippen LogP contribution in [0, 0.1) is 12.7 Å². The van der Waals surface area contributed by atoms with Gasteiger partial charge in [-0.1, -0.05) is 18.2 Å². The van der Waals surface area contributed by atoms with Gasteiger partial charge in [0, 0.05) is 18.0 Å². The van der Waals surface area contributed by atoms with E-state index in [1.807, 2.05) is 25.3 Å². The van der Waals surface area contributed by atoms with E-state index in [-0.39, 0.29) is 5.82 Å². The Morgan fingerprint density at radius 1 is 1.03 bits per heavy atom. The maximum atomic E-state index is 14.0. The van der Waals surface area contributed by atoms with E-state index in [4.69, 9.17) is 9.97 Å². The summed E-state index contributed by atoms with van der Waals surface area (Å²) in [5, 5.41) is 5.44. The van der Waals surface area contributed by atoms with Crippen LogP contribution in [0.4, 0.5) is 10.1 Å². The summed E-state index contributed by atoms with van der Waals surface area (Å²) in [4.78, 5) is 14.9. The monoisotopic (exact) mass is 429 g/mol. The summed E-state index contributed by atoms with van der Waals surface area (Å²) < 4.78 is 14.0. The number of thiazole rings is 1. The molecule has 0 radical (unpaired) electrons. The first-order valence-corrected chi connectivity index (χ1v) is 11.0. The summed E-state index contributed by atoms with van der Waals surface area (Å²) in [5.74, 6) is -0.326. The normalized spacial score (nSPS) is 14.5. The fourth-order valence-electron chi connectivity index (χ4n) is 3.67. The Kier molecular flexibility index (Phi) is 5.26. The van der Waals surface area contributed by atoms with E-state index in [1.165, 1.54) is 11.6 Å². The third-order valence-corrected chi connectivity index (χ3v) is 6.46. The molecule has 1 aromatic carbocycles. The standard InChI is InChI=1S/C24H20FN5S/c1-15-23(31-24(27-15)17-7-5-13-26-14-17)21-12-11-16-6-4-10-20(22(16)28-21)30-29-19-9-3-2-8-18(19)25/h2-3,5,7-9,11-14,29H,4,6,10H2,1H3. The molecule has 5 nitrogen and oxygen atoms in total. The molecular weight excluding hydrogens is 409 g/mol. The molecule has 3 heterocycles. The van der Waals surface area contributed by atoms with E-state index in [2.05, 4.69) is 27.6 Å². The number of hydrogen-bond donors (Lipinski definition) is 1. The number of pyridine rings is 2. The van der Waals surface area contributed by atoms with Gasteiger partial charge < -0.3 is 0 Å². The van der Waals surface area contributed by atoms with Crippen LogP contribution in [-0.2, 0) is 6.42 Å². The average Bonchev–Trinajstić information content (AvgIpc) is 3.20. The molecule has 1 aliphatic rings. The first kappa shape index (κ1) is 19.5. The molecule has 7 heteroatoms. The fourth-order valence-corrected chi connectivity index (χ4v) is 4.69. The number of anilines is 1. The number of rotatable bonds is 4. The van der Waals surface area contributed by atoms with Crippen LogP contribution in [0.25, 0.3) is 21.1 Å². The van der Waals surface area contributed by atoms with Crippen molar-refractivity contribution in [3.63, 3.8) is 0 Å². The van der Waals surface area contributed by atoms with Crippen LogP contribution in [0.15, 0.2) is 66.0 Å². The molecule has 31 heavy (non-hydrogen) atoms. The molecule has 4 aromatic rings. The highest BCUT2D eigenvalue weighted by Crippen LogP contribution is 2.35. The highest BCUT2D eigenvalue weighted by atomic mass is 32.1. The Morgan fingerprint density at radius 2 is 1.94 bits per heavy atom. The zero-order valence-corrected chi connectivity index (χ0v) is 17.8. The number of para-hydroxylation sites is 1. The zero-order chi connectivity index (χ0) is 21.2. The van der Waals surface area contributed by atoms with Crippen molar-refractivity contribution in [2.45, 2.75) is 26.2 Å². The molecule has 1 aliphatic carbocycles. The molecule has 0 amide bonds.